The molecule has 0 aromatic heterocycles. The second-order valence-electron chi connectivity index (χ2n) is 10.1. The smallest absolute Gasteiger partial charge is 0.142 e. The van der Waals surface area contributed by atoms with E-state index in [4.69, 9.17) is 28.4 Å². The lowest BCUT2D eigenvalue weighted by Gasteiger charge is -2.32. The third-order valence-electron chi connectivity index (χ3n) is 6.48. The molecule has 0 unspecified atom stereocenters. The standard InChI is InChI=1S/C30H36O6/c1-18(26-25(34-9)17-24(33-8)21-13-15-30(4,5)36-28(21)26)10-11-19-22(31-6)16-23(32-7)20-12-14-29(2,3)35-27(19)20/h10-18H,1-9H3/t18-/m0/s1. The van der Waals surface area contributed by atoms with Crippen LogP contribution in [0.1, 0.15) is 62.8 Å². The van der Waals surface area contributed by atoms with Crippen LogP contribution in [0.15, 0.2) is 30.4 Å². The zero-order chi connectivity index (χ0) is 26.3. The monoisotopic (exact) mass is 492 g/mol. The van der Waals surface area contributed by atoms with Gasteiger partial charge in [0.05, 0.1) is 45.1 Å². The molecule has 4 rings (SSSR count). The Balaban J connectivity index is 1.84. The van der Waals surface area contributed by atoms with Crippen LogP contribution >= 0.6 is 0 Å². The van der Waals surface area contributed by atoms with E-state index >= 15 is 0 Å². The molecule has 1 atom stereocenters. The minimum absolute atomic E-state index is 0.0588. The summed E-state index contributed by atoms with van der Waals surface area (Å²) < 4.78 is 35.6. The van der Waals surface area contributed by atoms with Crippen molar-refractivity contribution in [3.05, 3.63) is 52.6 Å². The molecule has 2 aromatic rings. The molecule has 0 N–H and O–H groups in total. The number of hydrogen-bond acceptors (Lipinski definition) is 6. The molecular formula is C30H36O6. The molecule has 0 saturated heterocycles. The molecule has 0 radical (unpaired) electrons. The van der Waals surface area contributed by atoms with Crippen molar-refractivity contribution in [2.24, 2.45) is 0 Å². The summed E-state index contributed by atoms with van der Waals surface area (Å²) in [6.07, 6.45) is 12.3. The van der Waals surface area contributed by atoms with Crippen LogP contribution in [0.25, 0.3) is 18.2 Å². The van der Waals surface area contributed by atoms with Gasteiger partial charge >= 0.3 is 0 Å². The summed E-state index contributed by atoms with van der Waals surface area (Å²) in [6, 6.07) is 3.80. The average Bonchev–Trinajstić information content (AvgIpc) is 2.84. The second kappa shape index (κ2) is 9.49. The molecule has 0 spiro atoms. The molecule has 2 aliphatic rings. The highest BCUT2D eigenvalue weighted by molar-refractivity contribution is 5.79. The molecule has 36 heavy (non-hydrogen) atoms. The second-order valence-corrected chi connectivity index (χ2v) is 10.1. The van der Waals surface area contributed by atoms with E-state index in [1.54, 1.807) is 28.4 Å². The summed E-state index contributed by atoms with van der Waals surface area (Å²) in [5.41, 5.74) is 2.68. The normalized spacial score (nSPS) is 17.5. The van der Waals surface area contributed by atoms with Gasteiger partial charge in [-0.2, -0.15) is 0 Å². The number of allylic oxidation sites excluding steroid dienone is 1. The lowest BCUT2D eigenvalue weighted by Crippen LogP contribution is -2.28. The predicted molar refractivity (Wildman–Crippen MR) is 144 cm³/mol. The molecule has 0 aliphatic carbocycles. The molecule has 2 aliphatic heterocycles. The number of benzene rings is 2. The first-order valence-electron chi connectivity index (χ1n) is 12.1. The Morgan fingerprint density at radius 2 is 1.17 bits per heavy atom. The van der Waals surface area contributed by atoms with Gasteiger partial charge in [0.25, 0.3) is 0 Å². The summed E-state index contributed by atoms with van der Waals surface area (Å²) in [4.78, 5) is 0. The van der Waals surface area contributed by atoms with E-state index in [2.05, 4.69) is 19.1 Å². The maximum absolute atomic E-state index is 6.45. The Bertz CT molecular complexity index is 1250. The zero-order valence-electron chi connectivity index (χ0n) is 22.6. The molecule has 2 heterocycles. The van der Waals surface area contributed by atoms with Crippen molar-refractivity contribution in [2.45, 2.75) is 51.7 Å². The molecular weight excluding hydrogens is 456 g/mol. The van der Waals surface area contributed by atoms with E-state index in [1.165, 1.54) is 0 Å². The first kappa shape index (κ1) is 25.5. The Morgan fingerprint density at radius 1 is 0.694 bits per heavy atom. The lowest BCUT2D eigenvalue weighted by atomic mass is 9.91. The van der Waals surface area contributed by atoms with Gasteiger partial charge in [-0.3, -0.25) is 0 Å². The van der Waals surface area contributed by atoms with Crippen molar-refractivity contribution < 1.29 is 28.4 Å². The summed E-state index contributed by atoms with van der Waals surface area (Å²) in [6.45, 7) is 10.2. The first-order chi connectivity index (χ1) is 17.0. The Kier molecular flexibility index (Phi) is 6.74. The van der Waals surface area contributed by atoms with E-state index < -0.39 is 11.2 Å². The van der Waals surface area contributed by atoms with Crippen LogP contribution in [0.3, 0.4) is 0 Å². The number of ether oxygens (including phenoxy) is 6. The molecule has 0 bridgehead atoms. The van der Waals surface area contributed by atoms with Crippen LogP contribution in [0.4, 0.5) is 0 Å². The fourth-order valence-electron chi connectivity index (χ4n) is 4.59. The Morgan fingerprint density at radius 3 is 1.69 bits per heavy atom. The van der Waals surface area contributed by atoms with E-state index in [1.807, 2.05) is 64.1 Å². The molecule has 6 heteroatoms. The van der Waals surface area contributed by atoms with E-state index in [-0.39, 0.29) is 5.92 Å². The predicted octanol–water partition coefficient (Wildman–Crippen LogP) is 6.91. The molecule has 0 fully saturated rings. The molecule has 2 aromatic carbocycles. The van der Waals surface area contributed by atoms with Crippen molar-refractivity contribution in [2.75, 3.05) is 28.4 Å². The van der Waals surface area contributed by atoms with Gasteiger partial charge in [0, 0.05) is 23.6 Å². The van der Waals surface area contributed by atoms with E-state index in [0.717, 1.165) is 33.8 Å². The van der Waals surface area contributed by atoms with Crippen molar-refractivity contribution in [3.8, 4) is 34.5 Å². The number of rotatable bonds is 7. The van der Waals surface area contributed by atoms with Crippen LogP contribution in [-0.2, 0) is 0 Å². The van der Waals surface area contributed by atoms with Gasteiger partial charge in [-0.25, -0.2) is 0 Å². The fourth-order valence-corrected chi connectivity index (χ4v) is 4.59. The van der Waals surface area contributed by atoms with Crippen LogP contribution in [-0.4, -0.2) is 39.6 Å². The van der Waals surface area contributed by atoms with Gasteiger partial charge in [-0.15, -0.1) is 0 Å². The maximum atomic E-state index is 6.45. The summed E-state index contributed by atoms with van der Waals surface area (Å²) in [5, 5.41) is 0. The van der Waals surface area contributed by atoms with Gasteiger partial charge in [0.1, 0.15) is 45.7 Å². The number of methoxy groups -OCH3 is 4. The number of hydrogen-bond donors (Lipinski definition) is 0. The largest absolute Gasteiger partial charge is 0.496 e. The number of fused-ring (bicyclic) bond motifs is 2. The van der Waals surface area contributed by atoms with Crippen molar-refractivity contribution in [1.82, 2.24) is 0 Å². The minimum Gasteiger partial charge on any atom is -0.496 e. The zero-order valence-corrected chi connectivity index (χ0v) is 22.6. The van der Waals surface area contributed by atoms with Crippen LogP contribution < -0.4 is 28.4 Å². The van der Waals surface area contributed by atoms with Crippen molar-refractivity contribution >= 4 is 18.2 Å². The van der Waals surface area contributed by atoms with E-state index in [9.17, 15) is 0 Å². The van der Waals surface area contributed by atoms with Gasteiger partial charge in [-0.05, 0) is 52.0 Å². The van der Waals surface area contributed by atoms with Crippen LogP contribution in [0, 0.1) is 0 Å². The minimum atomic E-state index is -0.456. The fraction of sp³-hybridized carbons (Fsp3) is 0.400. The van der Waals surface area contributed by atoms with E-state index in [0.29, 0.717) is 23.0 Å². The third kappa shape index (κ3) is 4.64. The van der Waals surface area contributed by atoms with Gasteiger partial charge in [-0.1, -0.05) is 19.1 Å². The summed E-state index contributed by atoms with van der Waals surface area (Å²) in [5.74, 6) is 4.22. The first-order valence-corrected chi connectivity index (χ1v) is 12.1. The maximum Gasteiger partial charge on any atom is 0.142 e. The van der Waals surface area contributed by atoms with Crippen molar-refractivity contribution in [3.63, 3.8) is 0 Å². The highest BCUT2D eigenvalue weighted by atomic mass is 16.5. The van der Waals surface area contributed by atoms with Crippen LogP contribution in [0.5, 0.6) is 34.5 Å². The summed E-state index contributed by atoms with van der Waals surface area (Å²) >= 11 is 0. The SMILES string of the molecule is COc1cc(OC)c2c(c1C=C[C@H](C)c1c(OC)cc(OC)c3c1OC(C)(C)C=C3)OC(C)(C)C=C2. The quantitative estimate of drug-likeness (QED) is 0.419. The molecule has 6 nitrogen and oxygen atoms in total. The highest BCUT2D eigenvalue weighted by Crippen LogP contribution is 2.49. The summed E-state index contributed by atoms with van der Waals surface area (Å²) in [7, 11) is 6.61. The average molecular weight is 493 g/mol. The molecule has 192 valence electrons. The lowest BCUT2D eigenvalue weighted by molar-refractivity contribution is 0.155. The Hall–Kier alpha value is -3.54. The Labute approximate surface area is 214 Å². The topological polar surface area (TPSA) is 55.4 Å². The highest BCUT2D eigenvalue weighted by Gasteiger charge is 2.31. The van der Waals surface area contributed by atoms with Gasteiger partial charge in [0.15, 0.2) is 0 Å². The molecule has 0 saturated carbocycles. The van der Waals surface area contributed by atoms with Crippen LogP contribution in [0.2, 0.25) is 0 Å². The third-order valence-corrected chi connectivity index (χ3v) is 6.48. The van der Waals surface area contributed by atoms with Crippen molar-refractivity contribution in [1.29, 1.82) is 0 Å². The van der Waals surface area contributed by atoms with Gasteiger partial charge < -0.3 is 28.4 Å². The van der Waals surface area contributed by atoms with Gasteiger partial charge in [0.2, 0.25) is 0 Å². The molecule has 0 amide bonds.